The zero-order valence-corrected chi connectivity index (χ0v) is 10.7. The largest absolute Gasteiger partial charge is 0.487 e. The van der Waals surface area contributed by atoms with Crippen molar-refractivity contribution in [3.8, 4) is 0 Å². The second kappa shape index (κ2) is 3.14. The zero-order valence-electron chi connectivity index (χ0n) is 10.7. The molecule has 3 heteroatoms. The molecule has 88 valence electrons. The second-order valence-corrected chi connectivity index (χ2v) is 6.51. The molecule has 0 spiro atoms. The second-order valence-electron chi connectivity index (χ2n) is 6.51. The van der Waals surface area contributed by atoms with Gasteiger partial charge in [-0.05, 0) is 58.8 Å². The third kappa shape index (κ3) is 1.56. The van der Waals surface area contributed by atoms with E-state index in [-0.39, 0.29) is 18.3 Å². The van der Waals surface area contributed by atoms with Crippen LogP contribution < -0.4 is 0 Å². The fourth-order valence-corrected chi connectivity index (χ4v) is 2.90. The standard InChI is InChI=1S/C13H21BO2/c1-12(2)13(3,4)16-14(15-12)8-10-6-5-9-7-11(9)10/h8-9,11H,5-7H2,1-4H3/b10-8-. The van der Waals surface area contributed by atoms with Gasteiger partial charge >= 0.3 is 7.12 Å². The molecule has 0 radical (unpaired) electrons. The van der Waals surface area contributed by atoms with Crippen LogP contribution in [0.5, 0.6) is 0 Å². The summed E-state index contributed by atoms with van der Waals surface area (Å²) in [5.41, 5.74) is 1.19. The van der Waals surface area contributed by atoms with Crippen molar-refractivity contribution >= 4 is 7.12 Å². The number of allylic oxidation sites excluding steroid dienone is 1. The average molecular weight is 220 g/mol. The van der Waals surface area contributed by atoms with E-state index in [1.165, 1.54) is 19.3 Å². The lowest BCUT2D eigenvalue weighted by atomic mass is 9.85. The number of rotatable bonds is 1. The van der Waals surface area contributed by atoms with E-state index in [0.717, 1.165) is 11.8 Å². The van der Waals surface area contributed by atoms with Gasteiger partial charge in [0.25, 0.3) is 0 Å². The number of hydrogen-bond acceptors (Lipinski definition) is 2. The highest BCUT2D eigenvalue weighted by molar-refractivity contribution is 6.51. The molecular weight excluding hydrogens is 199 g/mol. The first-order valence-electron chi connectivity index (χ1n) is 6.45. The van der Waals surface area contributed by atoms with Gasteiger partial charge in [0.05, 0.1) is 11.2 Å². The Balaban J connectivity index is 1.74. The third-order valence-electron chi connectivity index (χ3n) is 4.82. The van der Waals surface area contributed by atoms with Crippen molar-refractivity contribution in [1.82, 2.24) is 0 Å². The summed E-state index contributed by atoms with van der Waals surface area (Å²) in [5, 5.41) is 0. The van der Waals surface area contributed by atoms with Crippen LogP contribution >= 0.6 is 0 Å². The van der Waals surface area contributed by atoms with E-state index in [2.05, 4.69) is 33.7 Å². The highest BCUT2D eigenvalue weighted by atomic mass is 16.7. The summed E-state index contributed by atoms with van der Waals surface area (Å²) in [6.45, 7) is 8.44. The molecule has 16 heavy (non-hydrogen) atoms. The summed E-state index contributed by atoms with van der Waals surface area (Å²) < 4.78 is 12.0. The van der Waals surface area contributed by atoms with Gasteiger partial charge < -0.3 is 9.31 Å². The van der Waals surface area contributed by atoms with Gasteiger partial charge in [0.15, 0.2) is 0 Å². The van der Waals surface area contributed by atoms with Crippen molar-refractivity contribution in [3.05, 3.63) is 11.5 Å². The van der Waals surface area contributed by atoms with E-state index in [0.29, 0.717) is 0 Å². The van der Waals surface area contributed by atoms with Crippen LogP contribution in [0.1, 0.15) is 47.0 Å². The Morgan fingerprint density at radius 3 is 2.25 bits per heavy atom. The Labute approximate surface area is 98.5 Å². The maximum Gasteiger partial charge on any atom is 0.487 e. The maximum atomic E-state index is 5.99. The zero-order chi connectivity index (χ0) is 11.6. The highest BCUT2D eigenvalue weighted by Gasteiger charge is 2.51. The van der Waals surface area contributed by atoms with E-state index in [9.17, 15) is 0 Å². The van der Waals surface area contributed by atoms with Gasteiger partial charge in [-0.3, -0.25) is 0 Å². The lowest BCUT2D eigenvalue weighted by molar-refractivity contribution is 0.00578. The molecule has 3 rings (SSSR count). The summed E-state index contributed by atoms with van der Waals surface area (Å²) >= 11 is 0. The minimum atomic E-state index is -0.198. The molecule has 0 aromatic rings. The molecule has 3 fully saturated rings. The van der Waals surface area contributed by atoms with Crippen molar-refractivity contribution in [2.75, 3.05) is 0 Å². The van der Waals surface area contributed by atoms with E-state index < -0.39 is 0 Å². The average Bonchev–Trinajstić information content (AvgIpc) is 2.76. The quantitative estimate of drug-likeness (QED) is 0.632. The smallest absolute Gasteiger partial charge is 0.400 e. The van der Waals surface area contributed by atoms with Crippen LogP contribution in [0, 0.1) is 11.8 Å². The van der Waals surface area contributed by atoms with Crippen LogP contribution in [0.15, 0.2) is 11.5 Å². The number of fused-ring (bicyclic) bond motifs is 1. The van der Waals surface area contributed by atoms with Crippen molar-refractivity contribution in [2.45, 2.75) is 58.2 Å². The first-order valence-corrected chi connectivity index (χ1v) is 6.45. The maximum absolute atomic E-state index is 5.99. The van der Waals surface area contributed by atoms with Crippen LogP contribution in [0.3, 0.4) is 0 Å². The summed E-state index contributed by atoms with van der Waals surface area (Å²) in [7, 11) is -0.126. The Hall–Kier alpha value is -0.275. The van der Waals surface area contributed by atoms with Crippen LogP contribution in [0.4, 0.5) is 0 Å². The van der Waals surface area contributed by atoms with Crippen LogP contribution in [0.2, 0.25) is 0 Å². The Kier molecular flexibility index (Phi) is 2.13. The molecule has 2 aliphatic carbocycles. The molecule has 2 saturated carbocycles. The molecule has 0 amide bonds. The minimum Gasteiger partial charge on any atom is -0.400 e. The molecule has 0 aromatic heterocycles. The Morgan fingerprint density at radius 1 is 1.19 bits per heavy atom. The molecule has 1 saturated heterocycles. The van der Waals surface area contributed by atoms with Gasteiger partial charge in [-0.25, -0.2) is 0 Å². The Bertz CT molecular complexity index is 330. The summed E-state index contributed by atoms with van der Waals surface area (Å²) in [4.78, 5) is 0. The van der Waals surface area contributed by atoms with Crippen LogP contribution in [-0.2, 0) is 9.31 Å². The fraction of sp³-hybridized carbons (Fsp3) is 0.846. The Morgan fingerprint density at radius 2 is 1.81 bits per heavy atom. The molecule has 0 bridgehead atoms. The normalized spacial score (nSPS) is 41.5. The highest BCUT2D eigenvalue weighted by Crippen LogP contribution is 2.55. The predicted octanol–water partition coefficient (Wildman–Crippen LogP) is 2.97. The van der Waals surface area contributed by atoms with Gasteiger partial charge in [0.2, 0.25) is 0 Å². The van der Waals surface area contributed by atoms with Gasteiger partial charge in [0.1, 0.15) is 0 Å². The first kappa shape index (κ1) is 10.9. The van der Waals surface area contributed by atoms with Crippen molar-refractivity contribution in [3.63, 3.8) is 0 Å². The van der Waals surface area contributed by atoms with Gasteiger partial charge in [0, 0.05) is 0 Å². The lowest BCUT2D eigenvalue weighted by Gasteiger charge is -2.32. The van der Waals surface area contributed by atoms with E-state index in [1.807, 2.05) is 0 Å². The first-order chi connectivity index (χ1) is 7.39. The van der Waals surface area contributed by atoms with Gasteiger partial charge in [-0.2, -0.15) is 0 Å². The van der Waals surface area contributed by atoms with Gasteiger partial charge in [-0.15, -0.1) is 0 Å². The van der Waals surface area contributed by atoms with Gasteiger partial charge in [-0.1, -0.05) is 11.5 Å². The molecular formula is C13H21BO2. The molecule has 1 heterocycles. The molecule has 2 unspecified atom stereocenters. The molecule has 2 nitrogen and oxygen atoms in total. The van der Waals surface area contributed by atoms with Crippen LogP contribution in [0.25, 0.3) is 0 Å². The molecule has 3 aliphatic rings. The van der Waals surface area contributed by atoms with Crippen molar-refractivity contribution in [2.24, 2.45) is 11.8 Å². The topological polar surface area (TPSA) is 18.5 Å². The number of hydrogen-bond donors (Lipinski definition) is 0. The van der Waals surface area contributed by atoms with Crippen molar-refractivity contribution in [1.29, 1.82) is 0 Å². The molecule has 0 N–H and O–H groups in total. The SMILES string of the molecule is CC1(C)OB(/C=C2/CCC3CC23)OC1(C)C. The molecule has 2 atom stereocenters. The van der Waals surface area contributed by atoms with Crippen molar-refractivity contribution < 1.29 is 9.31 Å². The molecule has 1 aliphatic heterocycles. The summed E-state index contributed by atoms with van der Waals surface area (Å²) in [6, 6.07) is 0. The monoisotopic (exact) mass is 220 g/mol. The lowest BCUT2D eigenvalue weighted by Crippen LogP contribution is -2.41. The van der Waals surface area contributed by atoms with E-state index in [4.69, 9.17) is 9.31 Å². The van der Waals surface area contributed by atoms with Crippen LogP contribution in [-0.4, -0.2) is 18.3 Å². The molecule has 0 aromatic carbocycles. The minimum absolute atomic E-state index is 0.126. The van der Waals surface area contributed by atoms with E-state index in [1.54, 1.807) is 5.57 Å². The van der Waals surface area contributed by atoms with E-state index >= 15 is 0 Å². The third-order valence-corrected chi connectivity index (χ3v) is 4.82. The summed E-state index contributed by atoms with van der Waals surface area (Å²) in [5.74, 6) is 4.11. The summed E-state index contributed by atoms with van der Waals surface area (Å²) in [6.07, 6.45) is 4.06. The predicted molar refractivity (Wildman–Crippen MR) is 65.0 cm³/mol. The fourth-order valence-electron chi connectivity index (χ4n) is 2.90.